The Balaban J connectivity index is 1.61. The number of anilines is 1. The van der Waals surface area contributed by atoms with Gasteiger partial charge >= 0.3 is 5.97 Å². The molecule has 2 rings (SSSR count). The third kappa shape index (κ3) is 11.0. The average Bonchev–Trinajstić information content (AvgIpc) is 2.84. The quantitative estimate of drug-likeness (QED) is 0.227. The van der Waals surface area contributed by atoms with Crippen LogP contribution in [-0.4, -0.2) is 49.8 Å². The molecule has 0 heterocycles. The van der Waals surface area contributed by atoms with E-state index < -0.39 is 5.97 Å². The van der Waals surface area contributed by atoms with E-state index in [1.165, 1.54) is 5.56 Å². The Morgan fingerprint density at radius 3 is 2.35 bits per heavy atom. The van der Waals surface area contributed by atoms with Crippen molar-refractivity contribution in [1.29, 1.82) is 0 Å². The summed E-state index contributed by atoms with van der Waals surface area (Å²) in [6.45, 7) is 1.43. The third-order valence-electron chi connectivity index (χ3n) is 4.74. The average molecular weight is 486 g/mol. The number of thiocarbonyl (C=S) groups is 1. The number of aryl methyl sites for hydroxylation is 1. The van der Waals surface area contributed by atoms with Crippen molar-refractivity contribution < 1.29 is 23.9 Å². The summed E-state index contributed by atoms with van der Waals surface area (Å²) in [4.78, 5) is 35.9. The number of hydrogen-bond donors (Lipinski definition) is 3. The fourth-order valence-electron chi connectivity index (χ4n) is 2.97. The van der Waals surface area contributed by atoms with Gasteiger partial charge in [-0.15, -0.1) is 0 Å². The molecule has 0 fully saturated rings. The molecule has 0 radical (unpaired) electrons. The van der Waals surface area contributed by atoms with E-state index in [1.54, 1.807) is 31.4 Å². The van der Waals surface area contributed by atoms with E-state index in [0.29, 0.717) is 31.0 Å². The summed E-state index contributed by atoms with van der Waals surface area (Å²) < 4.78 is 10.1. The third-order valence-corrected chi connectivity index (χ3v) is 4.94. The molecule has 0 spiro atoms. The Morgan fingerprint density at radius 2 is 1.65 bits per heavy atom. The molecule has 8 nitrogen and oxygen atoms in total. The Kier molecular flexibility index (Phi) is 12.3. The van der Waals surface area contributed by atoms with Gasteiger partial charge in [0.1, 0.15) is 0 Å². The fourth-order valence-corrected chi connectivity index (χ4v) is 3.20. The van der Waals surface area contributed by atoms with Crippen LogP contribution >= 0.6 is 12.2 Å². The van der Waals surface area contributed by atoms with E-state index >= 15 is 0 Å². The van der Waals surface area contributed by atoms with Gasteiger partial charge in [0.25, 0.3) is 5.91 Å². The van der Waals surface area contributed by atoms with E-state index in [0.717, 1.165) is 19.3 Å². The van der Waals surface area contributed by atoms with Crippen molar-refractivity contribution in [2.45, 2.75) is 32.1 Å². The monoisotopic (exact) mass is 485 g/mol. The number of nitrogens with one attached hydrogen (secondary N) is 3. The maximum Gasteiger partial charge on any atom is 0.306 e. The molecule has 34 heavy (non-hydrogen) atoms. The molecule has 0 bridgehead atoms. The topological polar surface area (TPSA) is 106 Å². The van der Waals surface area contributed by atoms with Gasteiger partial charge in [-0.1, -0.05) is 30.3 Å². The lowest BCUT2D eigenvalue weighted by Gasteiger charge is -2.10. The number of methoxy groups -OCH3 is 1. The minimum absolute atomic E-state index is 0.0199. The molecular weight excluding hydrogens is 454 g/mol. The lowest BCUT2D eigenvalue weighted by Crippen LogP contribution is -2.34. The van der Waals surface area contributed by atoms with Crippen LogP contribution in [0.25, 0.3) is 0 Å². The molecule has 182 valence electrons. The smallest absolute Gasteiger partial charge is 0.306 e. The number of esters is 1. The standard InChI is InChI=1S/C25H31N3O5S/c1-32-17-6-16-26-24(31)20-10-12-21(13-11-20)27-25(34)28-22(29)14-15-23(30)33-18-5-9-19-7-3-2-4-8-19/h2-4,7-8,10-13H,5-6,9,14-18H2,1H3,(H,26,31)(H2,27,28,29,34). The molecular formula is C25H31N3O5S. The van der Waals surface area contributed by atoms with Gasteiger partial charge < -0.3 is 25.4 Å². The highest BCUT2D eigenvalue weighted by Gasteiger charge is 2.10. The van der Waals surface area contributed by atoms with Crippen molar-refractivity contribution >= 4 is 40.8 Å². The number of amides is 2. The zero-order chi connectivity index (χ0) is 24.6. The second-order valence-corrected chi connectivity index (χ2v) is 7.90. The molecule has 0 aromatic heterocycles. The van der Waals surface area contributed by atoms with Crippen LogP contribution in [0.1, 0.15) is 41.6 Å². The SMILES string of the molecule is COCCCNC(=O)c1ccc(NC(=S)NC(=O)CCC(=O)OCCCc2ccccc2)cc1. The van der Waals surface area contributed by atoms with Gasteiger partial charge in [0, 0.05) is 37.9 Å². The van der Waals surface area contributed by atoms with Crippen LogP contribution in [0.3, 0.4) is 0 Å². The molecule has 0 aliphatic carbocycles. The normalized spacial score (nSPS) is 10.3. The van der Waals surface area contributed by atoms with Crippen LogP contribution in [0.5, 0.6) is 0 Å². The predicted octanol–water partition coefficient (Wildman–Crippen LogP) is 3.22. The van der Waals surface area contributed by atoms with Crippen LogP contribution in [0.4, 0.5) is 5.69 Å². The minimum Gasteiger partial charge on any atom is -0.466 e. The molecule has 9 heteroatoms. The maximum absolute atomic E-state index is 12.1. The number of benzene rings is 2. The van der Waals surface area contributed by atoms with Crippen LogP contribution in [-0.2, 0) is 25.5 Å². The molecule has 3 N–H and O–H groups in total. The summed E-state index contributed by atoms with van der Waals surface area (Å²) in [5.74, 6) is -0.977. The molecule has 2 amide bonds. The van der Waals surface area contributed by atoms with Gasteiger partial charge in [0.2, 0.25) is 5.91 Å². The van der Waals surface area contributed by atoms with Gasteiger partial charge in [0.05, 0.1) is 13.0 Å². The molecule has 0 saturated heterocycles. The van der Waals surface area contributed by atoms with Crippen LogP contribution < -0.4 is 16.0 Å². The molecule has 0 saturated carbocycles. The first-order valence-electron chi connectivity index (χ1n) is 11.2. The van der Waals surface area contributed by atoms with Crippen molar-refractivity contribution in [3.05, 3.63) is 65.7 Å². The summed E-state index contributed by atoms with van der Waals surface area (Å²) in [5.41, 5.74) is 2.33. The van der Waals surface area contributed by atoms with E-state index in [1.807, 2.05) is 30.3 Å². The van der Waals surface area contributed by atoms with Gasteiger partial charge in [-0.3, -0.25) is 14.4 Å². The predicted molar refractivity (Wildman–Crippen MR) is 135 cm³/mol. The summed E-state index contributed by atoms with van der Waals surface area (Å²) in [7, 11) is 1.61. The van der Waals surface area contributed by atoms with Gasteiger partial charge in [-0.25, -0.2) is 0 Å². The first-order valence-corrected chi connectivity index (χ1v) is 11.6. The Bertz CT molecular complexity index is 935. The zero-order valence-electron chi connectivity index (χ0n) is 19.3. The molecule has 0 aliphatic rings. The fraction of sp³-hybridized carbons (Fsp3) is 0.360. The number of hydrogen-bond acceptors (Lipinski definition) is 6. The summed E-state index contributed by atoms with van der Waals surface area (Å²) >= 11 is 5.14. The second kappa shape index (κ2) is 15.5. The maximum atomic E-state index is 12.1. The number of ether oxygens (including phenoxy) is 2. The van der Waals surface area contributed by atoms with Crippen LogP contribution in [0.15, 0.2) is 54.6 Å². The minimum atomic E-state index is -0.418. The summed E-state index contributed by atoms with van der Waals surface area (Å²) in [5, 5.41) is 8.33. The highest BCUT2D eigenvalue weighted by Crippen LogP contribution is 2.10. The van der Waals surface area contributed by atoms with Crippen molar-refractivity contribution in [3.8, 4) is 0 Å². The second-order valence-electron chi connectivity index (χ2n) is 7.49. The lowest BCUT2D eigenvalue weighted by molar-refractivity contribution is -0.145. The van der Waals surface area contributed by atoms with Gasteiger partial charge in [-0.2, -0.15) is 0 Å². The molecule has 0 atom stereocenters. The first kappa shape index (κ1) is 26.9. The van der Waals surface area contributed by atoms with Crippen molar-refractivity contribution in [2.75, 3.05) is 32.2 Å². The molecule has 2 aromatic rings. The Hall–Kier alpha value is -3.30. The van der Waals surface area contributed by atoms with Gasteiger partial charge in [-0.05, 0) is 61.3 Å². The summed E-state index contributed by atoms with van der Waals surface area (Å²) in [6, 6.07) is 16.7. The van der Waals surface area contributed by atoms with Crippen molar-refractivity contribution in [1.82, 2.24) is 10.6 Å². The van der Waals surface area contributed by atoms with Crippen molar-refractivity contribution in [3.63, 3.8) is 0 Å². The van der Waals surface area contributed by atoms with Crippen LogP contribution in [0, 0.1) is 0 Å². The molecule has 0 unspecified atom stereocenters. The first-order chi connectivity index (χ1) is 16.5. The van der Waals surface area contributed by atoms with E-state index in [4.69, 9.17) is 21.7 Å². The van der Waals surface area contributed by atoms with Crippen LogP contribution in [0.2, 0.25) is 0 Å². The number of rotatable bonds is 13. The van der Waals surface area contributed by atoms with Crippen molar-refractivity contribution in [2.24, 2.45) is 0 Å². The lowest BCUT2D eigenvalue weighted by atomic mass is 10.1. The van der Waals surface area contributed by atoms with E-state index in [2.05, 4.69) is 16.0 Å². The van der Waals surface area contributed by atoms with E-state index in [-0.39, 0.29) is 29.8 Å². The van der Waals surface area contributed by atoms with Gasteiger partial charge in [0.15, 0.2) is 5.11 Å². The highest BCUT2D eigenvalue weighted by molar-refractivity contribution is 7.80. The Labute approximate surface area is 205 Å². The zero-order valence-corrected chi connectivity index (χ0v) is 20.1. The Morgan fingerprint density at radius 1 is 0.912 bits per heavy atom. The summed E-state index contributed by atoms with van der Waals surface area (Å²) in [6.07, 6.45) is 2.25. The number of carbonyl (C=O) groups is 3. The molecule has 0 aliphatic heterocycles. The largest absolute Gasteiger partial charge is 0.466 e. The molecule has 2 aromatic carbocycles. The number of carbonyl (C=O) groups excluding carboxylic acids is 3. The van der Waals surface area contributed by atoms with E-state index in [9.17, 15) is 14.4 Å². The highest BCUT2D eigenvalue weighted by atomic mass is 32.1.